The smallest absolute Gasteiger partial charge is 0.340 e. The Bertz CT molecular complexity index is 1200. The number of hydrogen-bond donors (Lipinski definition) is 0. The quantitative estimate of drug-likeness (QED) is 0.159. The number of fused-ring (bicyclic) bond motifs is 1. The van der Waals surface area contributed by atoms with Crippen LogP contribution < -0.4 is 4.90 Å². The van der Waals surface area contributed by atoms with Gasteiger partial charge in [0, 0.05) is 55.0 Å². The van der Waals surface area contributed by atoms with E-state index < -0.39 is 22.8 Å². The van der Waals surface area contributed by atoms with Crippen molar-refractivity contribution in [3.63, 3.8) is 0 Å². The summed E-state index contributed by atoms with van der Waals surface area (Å²) in [5.41, 5.74) is 0.969. The van der Waals surface area contributed by atoms with Crippen LogP contribution in [0.5, 0.6) is 0 Å². The van der Waals surface area contributed by atoms with E-state index in [9.17, 15) is 19.7 Å². The zero-order valence-electron chi connectivity index (χ0n) is 20.3. The fraction of sp³-hybridized carbons (Fsp3) is 0.400. The van der Waals surface area contributed by atoms with E-state index in [-0.39, 0.29) is 30.3 Å². The van der Waals surface area contributed by atoms with Gasteiger partial charge in [0.2, 0.25) is 6.04 Å². The summed E-state index contributed by atoms with van der Waals surface area (Å²) >= 11 is 6.45. The average molecular weight is 531 g/mol. The molecule has 1 amide bonds. The Morgan fingerprint density at radius 1 is 1.22 bits per heavy atom. The number of rotatable bonds is 9. The average Bonchev–Trinajstić information content (AvgIpc) is 3.02. The number of anilines is 1. The van der Waals surface area contributed by atoms with Gasteiger partial charge in [-0.25, -0.2) is 4.79 Å². The van der Waals surface area contributed by atoms with E-state index in [1.165, 1.54) is 30.2 Å². The second kappa shape index (κ2) is 12.2. The Labute approximate surface area is 218 Å². The van der Waals surface area contributed by atoms with Gasteiger partial charge in [0.15, 0.2) is 0 Å². The van der Waals surface area contributed by atoms with Crippen LogP contribution in [0.25, 0.3) is 0 Å². The Morgan fingerprint density at radius 3 is 2.68 bits per heavy atom. The van der Waals surface area contributed by atoms with Crippen molar-refractivity contribution in [2.75, 3.05) is 58.2 Å². The normalized spacial score (nSPS) is 18.1. The molecule has 0 spiro atoms. The monoisotopic (exact) mass is 530 g/mol. The van der Waals surface area contributed by atoms with Gasteiger partial charge >= 0.3 is 5.97 Å². The lowest BCUT2D eigenvalue weighted by Gasteiger charge is -2.26. The number of nitrogens with zero attached hydrogens (tertiary/aromatic N) is 4. The van der Waals surface area contributed by atoms with Crippen LogP contribution in [0.1, 0.15) is 17.5 Å². The van der Waals surface area contributed by atoms with E-state index in [4.69, 9.17) is 25.8 Å². The molecule has 11 nitrogen and oxygen atoms in total. The molecule has 1 fully saturated rings. The van der Waals surface area contributed by atoms with Gasteiger partial charge in [-0.2, -0.15) is 0 Å². The molecule has 0 saturated carbocycles. The number of aliphatic imine (C=N–C) groups is 1. The summed E-state index contributed by atoms with van der Waals surface area (Å²) in [6.07, 6.45) is 0.585. The highest BCUT2D eigenvalue weighted by Gasteiger charge is 2.38. The molecule has 0 N–H and O–H groups in total. The maximum atomic E-state index is 13.5. The number of esters is 1. The fourth-order valence-corrected chi connectivity index (χ4v) is 4.46. The predicted molar refractivity (Wildman–Crippen MR) is 136 cm³/mol. The summed E-state index contributed by atoms with van der Waals surface area (Å²) in [7, 11) is 1.40. The van der Waals surface area contributed by atoms with Crippen LogP contribution in [0, 0.1) is 10.1 Å². The van der Waals surface area contributed by atoms with Crippen LogP contribution in [0.2, 0.25) is 5.02 Å². The van der Waals surface area contributed by atoms with E-state index in [1.807, 2.05) is 0 Å². The van der Waals surface area contributed by atoms with Gasteiger partial charge in [-0.15, -0.1) is 0 Å². The fourth-order valence-electron chi connectivity index (χ4n) is 4.23. The van der Waals surface area contributed by atoms with Crippen molar-refractivity contribution in [1.82, 2.24) is 4.90 Å². The lowest BCUT2D eigenvalue weighted by molar-refractivity contribution is -0.384. The molecule has 37 heavy (non-hydrogen) atoms. The molecule has 0 aliphatic carbocycles. The Balaban J connectivity index is 1.68. The van der Waals surface area contributed by atoms with E-state index in [0.717, 1.165) is 19.6 Å². The Morgan fingerprint density at radius 2 is 1.97 bits per heavy atom. The number of halogens is 1. The van der Waals surface area contributed by atoms with E-state index >= 15 is 0 Å². The molecular formula is C25H27ClN4O7. The van der Waals surface area contributed by atoms with Crippen molar-refractivity contribution in [3.8, 4) is 0 Å². The number of carbonyl (C=O) groups excluding carboxylic acids is 2. The Hall–Kier alpha value is -3.38. The number of ether oxygens (including phenoxy) is 3. The predicted octanol–water partition coefficient (Wildman–Crippen LogP) is 2.67. The number of carbonyl (C=O) groups is 2. The van der Waals surface area contributed by atoms with Gasteiger partial charge in [0.25, 0.3) is 11.6 Å². The third-order valence-corrected chi connectivity index (χ3v) is 6.40. The second-order valence-electron chi connectivity index (χ2n) is 8.48. The first-order valence-corrected chi connectivity index (χ1v) is 12.2. The molecule has 4 rings (SSSR count). The standard InChI is InChI=1S/C25H27ClN4O7/c1-35-16-29-21-8-7-17(30(33)34)15-19(21)22(18-5-2-3-6-20(18)26)27-23(24(29)31)25(32)37-12-4-9-28-10-13-36-14-11-28/h2-3,5-8,15,23H,4,9-14,16H2,1H3. The minimum Gasteiger partial charge on any atom is -0.464 e. The minimum absolute atomic E-state index is 0.111. The molecule has 1 atom stereocenters. The molecule has 1 unspecified atom stereocenters. The lowest BCUT2D eigenvalue weighted by atomic mass is 9.99. The molecule has 196 valence electrons. The van der Waals surface area contributed by atoms with Crippen molar-refractivity contribution < 1.29 is 28.7 Å². The number of non-ortho nitro benzene ring substituents is 1. The first-order chi connectivity index (χ1) is 17.9. The van der Waals surface area contributed by atoms with Crippen molar-refractivity contribution >= 4 is 40.6 Å². The summed E-state index contributed by atoms with van der Waals surface area (Å²) in [5, 5.41) is 11.8. The number of amides is 1. The number of morpholine rings is 1. The van der Waals surface area contributed by atoms with Crippen molar-refractivity contribution in [1.29, 1.82) is 0 Å². The lowest BCUT2D eigenvalue weighted by Crippen LogP contribution is -2.43. The number of nitro benzene ring substituents is 1. The van der Waals surface area contributed by atoms with Gasteiger partial charge in [-0.05, 0) is 18.6 Å². The van der Waals surface area contributed by atoms with Crippen molar-refractivity contribution in [2.45, 2.75) is 12.5 Å². The molecule has 0 aromatic heterocycles. The molecule has 12 heteroatoms. The van der Waals surface area contributed by atoms with Crippen molar-refractivity contribution in [3.05, 3.63) is 68.7 Å². The Kier molecular flexibility index (Phi) is 8.82. The van der Waals surface area contributed by atoms with Crippen LogP contribution in [0.15, 0.2) is 47.5 Å². The highest BCUT2D eigenvalue weighted by atomic mass is 35.5. The maximum absolute atomic E-state index is 13.5. The highest BCUT2D eigenvalue weighted by molar-refractivity contribution is 6.36. The molecule has 2 aromatic rings. The molecule has 2 aliphatic heterocycles. The molecule has 0 bridgehead atoms. The number of benzodiazepines with no additional fused rings is 1. The molecule has 1 saturated heterocycles. The topological polar surface area (TPSA) is 124 Å². The molecule has 2 aromatic carbocycles. The largest absolute Gasteiger partial charge is 0.464 e. The maximum Gasteiger partial charge on any atom is 0.340 e. The summed E-state index contributed by atoms with van der Waals surface area (Å²) < 4.78 is 16.0. The molecule has 2 aliphatic rings. The summed E-state index contributed by atoms with van der Waals surface area (Å²) in [6, 6.07) is 9.23. The van der Waals surface area contributed by atoms with Gasteiger partial charge in [0.05, 0.1) is 36.1 Å². The van der Waals surface area contributed by atoms with Gasteiger partial charge in [-0.3, -0.25) is 29.7 Å². The van der Waals surface area contributed by atoms with Crippen LogP contribution in [-0.2, 0) is 23.8 Å². The third-order valence-electron chi connectivity index (χ3n) is 6.07. The zero-order chi connectivity index (χ0) is 26.4. The van der Waals surface area contributed by atoms with E-state index in [0.29, 0.717) is 35.9 Å². The number of hydrogen-bond acceptors (Lipinski definition) is 9. The molecular weight excluding hydrogens is 504 g/mol. The third kappa shape index (κ3) is 6.13. The summed E-state index contributed by atoms with van der Waals surface area (Å²) in [4.78, 5) is 45.6. The van der Waals surface area contributed by atoms with Crippen LogP contribution >= 0.6 is 11.6 Å². The SMILES string of the molecule is COCN1C(=O)C(C(=O)OCCCN2CCOCC2)N=C(c2ccccc2Cl)c2cc([N+](=O)[O-])ccc21. The molecule has 0 radical (unpaired) electrons. The van der Waals surface area contributed by atoms with E-state index in [1.54, 1.807) is 24.3 Å². The zero-order valence-corrected chi connectivity index (χ0v) is 21.1. The van der Waals surface area contributed by atoms with Gasteiger partial charge < -0.3 is 14.2 Å². The summed E-state index contributed by atoms with van der Waals surface area (Å²) in [6.45, 7) is 3.62. The second-order valence-corrected chi connectivity index (χ2v) is 8.88. The van der Waals surface area contributed by atoms with Crippen LogP contribution in [0.4, 0.5) is 11.4 Å². The minimum atomic E-state index is -1.55. The van der Waals surface area contributed by atoms with Crippen LogP contribution in [-0.4, -0.2) is 86.7 Å². The van der Waals surface area contributed by atoms with Crippen LogP contribution in [0.3, 0.4) is 0 Å². The van der Waals surface area contributed by atoms with Gasteiger partial charge in [0.1, 0.15) is 6.73 Å². The first kappa shape index (κ1) is 26.7. The van der Waals surface area contributed by atoms with Crippen molar-refractivity contribution in [2.24, 2.45) is 4.99 Å². The van der Waals surface area contributed by atoms with E-state index in [2.05, 4.69) is 9.89 Å². The number of benzene rings is 2. The number of nitro groups is 1. The first-order valence-electron chi connectivity index (χ1n) is 11.8. The number of methoxy groups -OCH3 is 1. The highest BCUT2D eigenvalue weighted by Crippen LogP contribution is 2.33. The molecule has 2 heterocycles. The summed E-state index contributed by atoms with van der Waals surface area (Å²) in [5.74, 6) is -1.49. The van der Waals surface area contributed by atoms with Gasteiger partial charge in [-0.1, -0.05) is 29.8 Å².